The molecule has 7 nitrogen and oxygen atoms in total. The number of rotatable bonds is 5. The number of aliphatic hydroxyl groups is 1. The molecule has 0 saturated heterocycles. The molecule has 1 amide bonds. The van der Waals surface area contributed by atoms with Crippen molar-refractivity contribution in [2.75, 3.05) is 21.3 Å². The van der Waals surface area contributed by atoms with E-state index in [1.807, 2.05) is 0 Å². The molecule has 1 heterocycles. The summed E-state index contributed by atoms with van der Waals surface area (Å²) in [5.74, 6) is 0.750. The van der Waals surface area contributed by atoms with Crippen LogP contribution in [0.15, 0.2) is 24.3 Å². The van der Waals surface area contributed by atoms with Crippen LogP contribution in [0.1, 0.15) is 33.1 Å². The Bertz CT molecular complexity index is 811. The van der Waals surface area contributed by atoms with Crippen LogP contribution in [-0.2, 0) is 6.61 Å². The molecule has 1 aliphatic heterocycles. The second-order valence-corrected chi connectivity index (χ2v) is 5.52. The Labute approximate surface area is 144 Å². The van der Waals surface area contributed by atoms with Crippen molar-refractivity contribution in [3.8, 4) is 23.0 Å². The number of carbonyl (C=O) groups is 1. The highest BCUT2D eigenvalue weighted by Gasteiger charge is 2.39. The molecule has 132 valence electrons. The molecule has 2 aromatic rings. The van der Waals surface area contributed by atoms with Crippen LogP contribution in [0.4, 0.5) is 0 Å². The van der Waals surface area contributed by atoms with E-state index >= 15 is 0 Å². The summed E-state index contributed by atoms with van der Waals surface area (Å²) in [6.07, 6.45) is 0. The van der Waals surface area contributed by atoms with Crippen LogP contribution in [-0.4, -0.2) is 37.4 Å². The topological polar surface area (TPSA) is 97.3 Å². The minimum atomic E-state index is -0.671. The average molecular weight is 345 g/mol. The van der Waals surface area contributed by atoms with Gasteiger partial charge in [0.2, 0.25) is 0 Å². The standard InChI is InChI=1S/C18H19NO6/c1-23-11-5-4-6-12(24-2)14(11)16-13-10(21)7-9(8-20)17(25-3)15(13)18(22)19-16/h4-7,16,20-21H,8H2,1-3H3,(H,19,22)/t16-/m1/s1. The predicted octanol–water partition coefficient (Wildman–Crippen LogP) is 1.74. The Morgan fingerprint density at radius 1 is 1.08 bits per heavy atom. The number of methoxy groups -OCH3 is 3. The summed E-state index contributed by atoms with van der Waals surface area (Å²) in [4.78, 5) is 12.6. The summed E-state index contributed by atoms with van der Waals surface area (Å²) in [6, 6.07) is 5.99. The first kappa shape index (κ1) is 16.9. The van der Waals surface area contributed by atoms with E-state index in [4.69, 9.17) is 14.2 Å². The van der Waals surface area contributed by atoms with Crippen molar-refractivity contribution in [2.45, 2.75) is 12.6 Å². The van der Waals surface area contributed by atoms with Crippen LogP contribution in [0.5, 0.6) is 23.0 Å². The number of carbonyl (C=O) groups excluding carboxylic acids is 1. The largest absolute Gasteiger partial charge is 0.508 e. The zero-order valence-electron chi connectivity index (χ0n) is 14.1. The quantitative estimate of drug-likeness (QED) is 0.764. The van der Waals surface area contributed by atoms with E-state index in [-0.39, 0.29) is 23.7 Å². The van der Waals surface area contributed by atoms with Crippen LogP contribution in [0.3, 0.4) is 0 Å². The molecular weight excluding hydrogens is 326 g/mol. The molecule has 0 unspecified atom stereocenters. The summed E-state index contributed by atoms with van der Waals surface area (Å²) in [5.41, 5.74) is 1.49. The fraction of sp³-hybridized carbons (Fsp3) is 0.278. The number of aromatic hydroxyl groups is 1. The van der Waals surface area contributed by atoms with Crippen molar-refractivity contribution < 1.29 is 29.2 Å². The number of phenolic OH excluding ortho intramolecular Hbond substituents is 1. The number of aliphatic hydroxyl groups excluding tert-OH is 1. The lowest BCUT2D eigenvalue weighted by Crippen LogP contribution is -2.21. The van der Waals surface area contributed by atoms with Gasteiger partial charge >= 0.3 is 0 Å². The normalized spacial score (nSPS) is 15.5. The Kier molecular flexibility index (Phi) is 4.41. The number of hydrogen-bond donors (Lipinski definition) is 3. The Morgan fingerprint density at radius 2 is 1.72 bits per heavy atom. The number of benzene rings is 2. The highest BCUT2D eigenvalue weighted by molar-refractivity contribution is 6.04. The van der Waals surface area contributed by atoms with Gasteiger partial charge in [0.25, 0.3) is 5.91 Å². The molecule has 2 aromatic carbocycles. The molecular formula is C18H19NO6. The zero-order chi connectivity index (χ0) is 18.1. The van der Waals surface area contributed by atoms with Crippen molar-refractivity contribution in [1.29, 1.82) is 0 Å². The second-order valence-electron chi connectivity index (χ2n) is 5.52. The predicted molar refractivity (Wildman–Crippen MR) is 89.4 cm³/mol. The third-order valence-corrected chi connectivity index (χ3v) is 4.30. The Morgan fingerprint density at radius 3 is 2.24 bits per heavy atom. The van der Waals surface area contributed by atoms with Crippen LogP contribution in [0, 0.1) is 0 Å². The molecule has 7 heteroatoms. The van der Waals surface area contributed by atoms with E-state index in [1.54, 1.807) is 18.2 Å². The van der Waals surface area contributed by atoms with Crippen molar-refractivity contribution in [3.63, 3.8) is 0 Å². The van der Waals surface area contributed by atoms with Crippen molar-refractivity contribution in [1.82, 2.24) is 5.32 Å². The molecule has 25 heavy (non-hydrogen) atoms. The summed E-state index contributed by atoms with van der Waals surface area (Å²) in [5, 5.41) is 22.8. The van der Waals surface area contributed by atoms with E-state index in [9.17, 15) is 15.0 Å². The van der Waals surface area contributed by atoms with Crippen LogP contribution >= 0.6 is 0 Å². The van der Waals surface area contributed by atoms with Crippen LogP contribution in [0.25, 0.3) is 0 Å². The minimum absolute atomic E-state index is 0.115. The van der Waals surface area contributed by atoms with E-state index in [0.29, 0.717) is 28.2 Å². The number of phenols is 1. The molecule has 3 rings (SSSR count). The maximum Gasteiger partial charge on any atom is 0.256 e. The van der Waals surface area contributed by atoms with Crippen molar-refractivity contribution in [2.24, 2.45) is 0 Å². The van der Waals surface area contributed by atoms with Gasteiger partial charge in [-0.3, -0.25) is 4.79 Å². The van der Waals surface area contributed by atoms with Crippen LogP contribution in [0.2, 0.25) is 0 Å². The molecule has 0 fully saturated rings. The summed E-state index contributed by atoms with van der Waals surface area (Å²) < 4.78 is 16.1. The fourth-order valence-corrected chi connectivity index (χ4v) is 3.24. The number of amides is 1. The van der Waals surface area contributed by atoms with E-state index in [2.05, 4.69) is 5.32 Å². The second kappa shape index (κ2) is 6.52. The molecule has 0 bridgehead atoms. The SMILES string of the molecule is COc1cccc(OC)c1[C@@H]1NC(=O)c2c(OC)c(CO)cc(O)c21. The van der Waals surface area contributed by atoms with Crippen molar-refractivity contribution >= 4 is 5.91 Å². The zero-order valence-corrected chi connectivity index (χ0v) is 14.1. The maximum absolute atomic E-state index is 12.6. The number of fused-ring (bicyclic) bond motifs is 1. The van der Waals surface area contributed by atoms with Gasteiger partial charge in [-0.2, -0.15) is 0 Å². The highest BCUT2D eigenvalue weighted by Crippen LogP contribution is 2.47. The van der Waals surface area contributed by atoms with Gasteiger partial charge in [-0.15, -0.1) is 0 Å². The molecule has 0 spiro atoms. The third-order valence-electron chi connectivity index (χ3n) is 4.30. The lowest BCUT2D eigenvalue weighted by atomic mass is 9.93. The minimum Gasteiger partial charge on any atom is -0.508 e. The Hall–Kier alpha value is -2.93. The molecule has 1 atom stereocenters. The third kappa shape index (κ3) is 2.53. The average Bonchev–Trinajstić information content (AvgIpc) is 2.98. The first-order valence-electron chi connectivity index (χ1n) is 7.62. The van der Waals surface area contributed by atoms with Gasteiger partial charge in [0.05, 0.1) is 45.1 Å². The van der Waals surface area contributed by atoms with E-state index in [0.717, 1.165) is 0 Å². The van der Waals surface area contributed by atoms with Gasteiger partial charge < -0.3 is 29.7 Å². The lowest BCUT2D eigenvalue weighted by molar-refractivity contribution is 0.0957. The smallest absolute Gasteiger partial charge is 0.256 e. The first-order chi connectivity index (χ1) is 12.1. The summed E-state index contributed by atoms with van der Waals surface area (Å²) in [7, 11) is 4.45. The fourth-order valence-electron chi connectivity index (χ4n) is 3.24. The highest BCUT2D eigenvalue weighted by atomic mass is 16.5. The number of hydrogen-bond acceptors (Lipinski definition) is 6. The van der Waals surface area contributed by atoms with Gasteiger partial charge in [-0.1, -0.05) is 6.07 Å². The first-order valence-corrected chi connectivity index (χ1v) is 7.62. The summed E-state index contributed by atoms with van der Waals surface area (Å²) >= 11 is 0. The monoisotopic (exact) mass is 345 g/mol. The maximum atomic E-state index is 12.6. The van der Waals surface area contributed by atoms with Gasteiger partial charge in [0, 0.05) is 11.1 Å². The van der Waals surface area contributed by atoms with Crippen LogP contribution < -0.4 is 19.5 Å². The van der Waals surface area contributed by atoms with Crippen molar-refractivity contribution in [3.05, 3.63) is 46.5 Å². The van der Waals surface area contributed by atoms with Gasteiger partial charge in [-0.25, -0.2) is 0 Å². The molecule has 3 N–H and O–H groups in total. The molecule has 1 aliphatic rings. The molecule has 0 saturated carbocycles. The van der Waals surface area contributed by atoms with Gasteiger partial charge in [0.15, 0.2) is 0 Å². The van der Waals surface area contributed by atoms with Gasteiger partial charge in [-0.05, 0) is 18.2 Å². The number of nitrogens with one attached hydrogen (secondary N) is 1. The molecule has 0 radical (unpaired) electrons. The summed E-state index contributed by atoms with van der Waals surface area (Å²) in [6.45, 7) is -0.361. The molecule has 0 aliphatic carbocycles. The lowest BCUT2D eigenvalue weighted by Gasteiger charge is -2.20. The van der Waals surface area contributed by atoms with Gasteiger partial charge in [0.1, 0.15) is 23.0 Å². The number of ether oxygens (including phenoxy) is 3. The van der Waals surface area contributed by atoms with E-state index in [1.165, 1.54) is 27.4 Å². The van der Waals surface area contributed by atoms with E-state index < -0.39 is 11.9 Å². The molecule has 0 aromatic heterocycles. The Balaban J connectivity index is 2.28.